The molecule has 2 nitrogen and oxygen atoms in total. The minimum Gasteiger partial charge on any atom is -0.310 e. The van der Waals surface area contributed by atoms with Crippen LogP contribution in [0.2, 0.25) is 0 Å². The summed E-state index contributed by atoms with van der Waals surface area (Å²) in [6.45, 7) is 9.50. The van der Waals surface area contributed by atoms with Crippen LogP contribution in [0, 0.1) is 0 Å². The summed E-state index contributed by atoms with van der Waals surface area (Å²) < 4.78 is 0. The number of hydrogen-bond donors (Lipinski definition) is 0. The molecule has 0 atom stereocenters. The number of para-hydroxylation sites is 1. The van der Waals surface area contributed by atoms with Crippen molar-refractivity contribution >= 4 is 34.1 Å². The Balaban J connectivity index is 0.958. The van der Waals surface area contributed by atoms with Crippen LogP contribution in [0.1, 0.15) is 72.2 Å². The molecule has 0 amide bonds. The molecule has 1 aliphatic heterocycles. The minimum absolute atomic E-state index is 0.0706. The Labute approximate surface area is 406 Å². The first-order valence-electron chi connectivity index (χ1n) is 24.3. The van der Waals surface area contributed by atoms with E-state index >= 15 is 0 Å². The number of fused-ring (bicyclic) bond motifs is 8. The smallest absolute Gasteiger partial charge is 0.0713 e. The van der Waals surface area contributed by atoms with E-state index in [0.717, 1.165) is 22.7 Å². The third-order valence-corrected chi connectivity index (χ3v) is 15.7. The van der Waals surface area contributed by atoms with Gasteiger partial charge in [0.05, 0.1) is 16.8 Å². The Morgan fingerprint density at radius 3 is 1.42 bits per heavy atom. The van der Waals surface area contributed by atoms with Gasteiger partial charge in [0.1, 0.15) is 0 Å². The molecule has 13 rings (SSSR count). The Morgan fingerprint density at radius 2 is 0.768 bits per heavy atom. The molecule has 1 heterocycles. The highest BCUT2D eigenvalue weighted by molar-refractivity contribution is 5.91. The highest BCUT2D eigenvalue weighted by atomic mass is 15.2. The molecule has 0 saturated heterocycles. The summed E-state index contributed by atoms with van der Waals surface area (Å²) in [7, 11) is 0. The van der Waals surface area contributed by atoms with Crippen LogP contribution in [0.4, 0.5) is 34.1 Å². The summed E-state index contributed by atoms with van der Waals surface area (Å²) in [6.07, 6.45) is 0. The Morgan fingerprint density at radius 1 is 0.304 bits per heavy atom. The largest absolute Gasteiger partial charge is 0.310 e. The summed E-state index contributed by atoms with van der Waals surface area (Å²) >= 11 is 0. The normalized spacial score (nSPS) is 15.0. The molecule has 0 radical (unpaired) electrons. The second kappa shape index (κ2) is 15.4. The molecule has 0 bridgehead atoms. The van der Waals surface area contributed by atoms with E-state index in [2.05, 4.69) is 280 Å². The van der Waals surface area contributed by atoms with Gasteiger partial charge in [-0.3, -0.25) is 0 Å². The molecule has 2 aliphatic carbocycles. The number of nitrogens with zero attached hydrogens (tertiary/aromatic N) is 2. The highest BCUT2D eigenvalue weighted by Crippen LogP contribution is 2.59. The van der Waals surface area contributed by atoms with Crippen molar-refractivity contribution in [3.63, 3.8) is 0 Å². The fourth-order valence-corrected chi connectivity index (χ4v) is 12.4. The second-order valence-corrected chi connectivity index (χ2v) is 20.1. The lowest BCUT2D eigenvalue weighted by molar-refractivity contribution is 0.627. The van der Waals surface area contributed by atoms with Crippen LogP contribution >= 0.6 is 0 Å². The molecule has 69 heavy (non-hydrogen) atoms. The lowest BCUT2D eigenvalue weighted by Gasteiger charge is -2.43. The van der Waals surface area contributed by atoms with E-state index in [0.29, 0.717) is 0 Å². The molecule has 0 saturated carbocycles. The van der Waals surface area contributed by atoms with Crippen LogP contribution in [0.5, 0.6) is 0 Å². The molecule has 0 fully saturated rings. The zero-order valence-corrected chi connectivity index (χ0v) is 39.5. The maximum absolute atomic E-state index is 2.53. The second-order valence-electron chi connectivity index (χ2n) is 20.1. The summed E-state index contributed by atoms with van der Waals surface area (Å²) in [6, 6.07) is 90.4. The summed E-state index contributed by atoms with van der Waals surface area (Å²) in [5.41, 5.74) is 24.2. The predicted octanol–water partition coefficient (Wildman–Crippen LogP) is 17.6. The van der Waals surface area contributed by atoms with Crippen molar-refractivity contribution in [2.45, 2.75) is 43.9 Å². The van der Waals surface area contributed by atoms with E-state index in [1.54, 1.807) is 0 Å². The maximum Gasteiger partial charge on any atom is 0.0713 e. The first-order valence-corrected chi connectivity index (χ1v) is 24.3. The van der Waals surface area contributed by atoms with Gasteiger partial charge in [0, 0.05) is 33.6 Å². The van der Waals surface area contributed by atoms with Gasteiger partial charge in [-0.1, -0.05) is 210 Å². The van der Waals surface area contributed by atoms with Crippen molar-refractivity contribution in [2.75, 3.05) is 9.80 Å². The number of benzene rings is 10. The first-order chi connectivity index (χ1) is 33.7. The fourth-order valence-electron chi connectivity index (χ4n) is 12.4. The Hall–Kier alpha value is -8.20. The van der Waals surface area contributed by atoms with Crippen LogP contribution in [-0.4, -0.2) is 0 Å². The molecule has 2 heteroatoms. The molecule has 330 valence electrons. The highest BCUT2D eigenvalue weighted by Gasteiger charge is 2.47. The van der Waals surface area contributed by atoms with Crippen molar-refractivity contribution in [3.8, 4) is 33.4 Å². The van der Waals surface area contributed by atoms with Gasteiger partial charge in [-0.05, 0) is 139 Å². The lowest BCUT2D eigenvalue weighted by Crippen LogP contribution is -2.33. The van der Waals surface area contributed by atoms with Crippen LogP contribution in [0.3, 0.4) is 0 Å². The van der Waals surface area contributed by atoms with E-state index in [1.807, 2.05) is 0 Å². The van der Waals surface area contributed by atoms with Crippen LogP contribution < -0.4 is 9.80 Å². The third-order valence-electron chi connectivity index (χ3n) is 15.7. The van der Waals surface area contributed by atoms with Gasteiger partial charge in [-0.25, -0.2) is 0 Å². The molecule has 0 unspecified atom stereocenters. The lowest BCUT2D eigenvalue weighted by atomic mass is 9.65. The van der Waals surface area contributed by atoms with Gasteiger partial charge in [0.15, 0.2) is 0 Å². The number of anilines is 6. The van der Waals surface area contributed by atoms with Crippen molar-refractivity contribution in [1.82, 2.24) is 0 Å². The SMILES string of the molecule is CC1(C)c2ccccc2-c2cc(N(c3ccc(-c4ccccc4)cc3)c3ccc(N4c5ccccc5C(C)(C)c5cc(C6(c7ccccc7)c7ccccc7-c7ccccc76)ccc54)cc3)ccc21. The van der Waals surface area contributed by atoms with E-state index in [-0.39, 0.29) is 10.8 Å². The zero-order valence-electron chi connectivity index (χ0n) is 39.5. The molecule has 0 spiro atoms. The van der Waals surface area contributed by atoms with E-state index in [4.69, 9.17) is 0 Å². The van der Waals surface area contributed by atoms with Crippen LogP contribution in [0.15, 0.2) is 243 Å². The molecular weight excluding hydrogens is 833 g/mol. The number of hydrogen-bond acceptors (Lipinski definition) is 2. The maximum atomic E-state index is 2.53. The van der Waals surface area contributed by atoms with Gasteiger partial charge in [0.2, 0.25) is 0 Å². The quantitative estimate of drug-likeness (QED) is 0.157. The Kier molecular flexibility index (Phi) is 9.17. The molecule has 10 aromatic carbocycles. The molecule has 0 aromatic heterocycles. The topological polar surface area (TPSA) is 6.48 Å². The average Bonchev–Trinajstić information content (AvgIpc) is 3.83. The minimum atomic E-state index is -0.485. The molecular formula is C67H52N2. The van der Waals surface area contributed by atoms with Gasteiger partial charge in [0.25, 0.3) is 0 Å². The first kappa shape index (κ1) is 41.0. The molecule has 0 N–H and O–H groups in total. The standard InChI is InChI=1S/C67H52N2/c1-65(2)57-26-14-11-25-55(57)56-44-52(40-41-58(56)65)68(49-34-31-46(32-35-49)45-19-7-5-8-20-45)50-36-38-51(39-37-50)69-63-30-18-17-29-61(63)66(3,4)62-43-48(33-42-64(62)69)67(47-21-9-6-10-22-47)59-27-15-12-23-53(59)54-24-13-16-28-60(54)67/h5-44H,1-4H3. The molecule has 10 aromatic rings. The Bertz CT molecular complexity index is 3560. The van der Waals surface area contributed by atoms with Crippen molar-refractivity contribution in [1.29, 1.82) is 0 Å². The van der Waals surface area contributed by atoms with Gasteiger partial charge >= 0.3 is 0 Å². The zero-order chi connectivity index (χ0) is 46.5. The van der Waals surface area contributed by atoms with Gasteiger partial charge in [-0.2, -0.15) is 0 Å². The van der Waals surface area contributed by atoms with Gasteiger partial charge in [-0.15, -0.1) is 0 Å². The monoisotopic (exact) mass is 884 g/mol. The van der Waals surface area contributed by atoms with E-state index in [1.165, 1.54) is 89.3 Å². The van der Waals surface area contributed by atoms with Crippen LogP contribution in [-0.2, 0) is 16.2 Å². The van der Waals surface area contributed by atoms with Gasteiger partial charge < -0.3 is 9.80 Å². The summed E-state index contributed by atoms with van der Waals surface area (Å²) in [4.78, 5) is 4.91. The van der Waals surface area contributed by atoms with Crippen molar-refractivity contribution < 1.29 is 0 Å². The molecule has 3 aliphatic rings. The van der Waals surface area contributed by atoms with E-state index in [9.17, 15) is 0 Å². The average molecular weight is 885 g/mol. The van der Waals surface area contributed by atoms with Crippen LogP contribution in [0.25, 0.3) is 33.4 Å². The van der Waals surface area contributed by atoms with Crippen molar-refractivity contribution in [2.24, 2.45) is 0 Å². The third kappa shape index (κ3) is 6.04. The number of rotatable bonds is 7. The van der Waals surface area contributed by atoms with E-state index < -0.39 is 5.41 Å². The van der Waals surface area contributed by atoms with Crippen molar-refractivity contribution in [3.05, 3.63) is 287 Å². The summed E-state index contributed by atoms with van der Waals surface area (Å²) in [5, 5.41) is 0. The predicted molar refractivity (Wildman–Crippen MR) is 288 cm³/mol. The summed E-state index contributed by atoms with van der Waals surface area (Å²) in [5.74, 6) is 0. The fraction of sp³-hybridized carbons (Fsp3) is 0.104.